The smallest absolute Gasteiger partial charge is 0.234 e. The van der Waals surface area contributed by atoms with E-state index in [4.69, 9.17) is 0 Å². The molecule has 0 aliphatic heterocycles. The van der Waals surface area contributed by atoms with Gasteiger partial charge in [-0.1, -0.05) is 47.4 Å². The Morgan fingerprint density at radius 2 is 2.04 bits per heavy atom. The number of nitrogens with zero attached hydrogens (tertiary/aromatic N) is 2. The zero-order valence-corrected chi connectivity index (χ0v) is 15.0. The van der Waals surface area contributed by atoms with Crippen LogP contribution in [0.1, 0.15) is 5.56 Å². The van der Waals surface area contributed by atoms with E-state index in [0.717, 1.165) is 11.3 Å². The summed E-state index contributed by atoms with van der Waals surface area (Å²) in [5.74, 6) is -0.249. The first-order chi connectivity index (χ1) is 12.1. The third-order valence-electron chi connectivity index (χ3n) is 3.15. The van der Waals surface area contributed by atoms with Crippen LogP contribution in [0.4, 0.5) is 20.9 Å². The molecule has 0 unspecified atom stereocenters. The molecule has 0 aliphatic carbocycles. The molecule has 25 heavy (non-hydrogen) atoms. The van der Waals surface area contributed by atoms with Gasteiger partial charge in [0.25, 0.3) is 0 Å². The lowest BCUT2D eigenvalue weighted by Crippen LogP contribution is -2.13. The highest BCUT2D eigenvalue weighted by molar-refractivity contribution is 8.01. The number of hydrogen-bond donors (Lipinski definition) is 2. The second-order valence-electron chi connectivity index (χ2n) is 5.18. The molecular weight excluding hydrogens is 359 g/mol. The van der Waals surface area contributed by atoms with Gasteiger partial charge < -0.3 is 10.6 Å². The van der Waals surface area contributed by atoms with E-state index in [-0.39, 0.29) is 17.5 Å². The summed E-state index contributed by atoms with van der Waals surface area (Å²) in [7, 11) is 0. The van der Waals surface area contributed by atoms with Gasteiger partial charge in [-0.2, -0.15) is 0 Å². The molecular formula is C17H15FN4OS2. The molecule has 5 nitrogen and oxygen atoms in total. The Morgan fingerprint density at radius 3 is 2.84 bits per heavy atom. The summed E-state index contributed by atoms with van der Waals surface area (Å²) in [5, 5.41) is 14.2. The monoisotopic (exact) mass is 374 g/mol. The Hall–Kier alpha value is -2.45. The average Bonchev–Trinajstić information content (AvgIpc) is 3.03. The van der Waals surface area contributed by atoms with Crippen molar-refractivity contribution in [2.75, 3.05) is 16.4 Å². The number of hydrogen-bond acceptors (Lipinski definition) is 6. The zero-order chi connectivity index (χ0) is 17.6. The van der Waals surface area contributed by atoms with Gasteiger partial charge in [0.2, 0.25) is 11.0 Å². The van der Waals surface area contributed by atoms with Gasteiger partial charge in [-0.25, -0.2) is 4.39 Å². The van der Waals surface area contributed by atoms with Crippen molar-refractivity contribution < 1.29 is 9.18 Å². The lowest BCUT2D eigenvalue weighted by molar-refractivity contribution is -0.113. The molecule has 0 saturated carbocycles. The number of anilines is 3. The van der Waals surface area contributed by atoms with Crippen LogP contribution in [0, 0.1) is 12.7 Å². The van der Waals surface area contributed by atoms with Crippen molar-refractivity contribution in [2.45, 2.75) is 11.3 Å². The lowest BCUT2D eigenvalue weighted by atomic mass is 10.2. The van der Waals surface area contributed by atoms with Crippen molar-refractivity contribution in [3.05, 3.63) is 59.9 Å². The molecule has 0 fully saturated rings. The van der Waals surface area contributed by atoms with E-state index < -0.39 is 0 Å². The number of aromatic nitrogens is 2. The van der Waals surface area contributed by atoms with Crippen molar-refractivity contribution in [2.24, 2.45) is 0 Å². The highest BCUT2D eigenvalue weighted by Crippen LogP contribution is 2.28. The van der Waals surface area contributed by atoms with Crippen LogP contribution in [0.3, 0.4) is 0 Å². The Morgan fingerprint density at radius 1 is 1.20 bits per heavy atom. The number of carbonyl (C=O) groups is 1. The van der Waals surface area contributed by atoms with Crippen molar-refractivity contribution in [3.63, 3.8) is 0 Å². The molecule has 3 rings (SSSR count). The van der Waals surface area contributed by atoms with Crippen LogP contribution >= 0.6 is 23.1 Å². The minimum absolute atomic E-state index is 0.116. The van der Waals surface area contributed by atoms with Gasteiger partial charge in [0.1, 0.15) is 5.82 Å². The van der Waals surface area contributed by atoms with E-state index >= 15 is 0 Å². The number of carbonyl (C=O) groups excluding carboxylic acids is 1. The predicted molar refractivity (Wildman–Crippen MR) is 100 cm³/mol. The van der Waals surface area contributed by atoms with Crippen molar-refractivity contribution in [1.29, 1.82) is 0 Å². The first-order valence-corrected chi connectivity index (χ1v) is 9.25. The highest BCUT2D eigenvalue weighted by Gasteiger charge is 2.10. The van der Waals surface area contributed by atoms with Crippen LogP contribution < -0.4 is 10.6 Å². The van der Waals surface area contributed by atoms with Gasteiger partial charge in [-0.05, 0) is 36.8 Å². The summed E-state index contributed by atoms with van der Waals surface area (Å²) in [6.07, 6.45) is 0. The summed E-state index contributed by atoms with van der Waals surface area (Å²) in [6, 6.07) is 14.0. The molecule has 0 bridgehead atoms. The van der Waals surface area contributed by atoms with Gasteiger partial charge in [0.15, 0.2) is 4.34 Å². The van der Waals surface area contributed by atoms with Crippen LogP contribution in [-0.4, -0.2) is 21.9 Å². The van der Waals surface area contributed by atoms with Crippen LogP contribution in [0.15, 0.2) is 52.9 Å². The summed E-state index contributed by atoms with van der Waals surface area (Å²) in [6.45, 7) is 1.97. The third kappa shape index (κ3) is 5.01. The maximum absolute atomic E-state index is 13.6. The van der Waals surface area contributed by atoms with Crippen LogP contribution in [-0.2, 0) is 4.79 Å². The Balaban J connectivity index is 1.53. The number of halogens is 1. The number of nitrogens with one attached hydrogen (secondary N) is 2. The van der Waals surface area contributed by atoms with Crippen molar-refractivity contribution >= 4 is 45.5 Å². The fraction of sp³-hybridized carbons (Fsp3) is 0.118. The first-order valence-electron chi connectivity index (χ1n) is 7.44. The average molecular weight is 374 g/mol. The minimum atomic E-state index is -0.357. The Kier molecular flexibility index (Phi) is 5.62. The summed E-state index contributed by atoms with van der Waals surface area (Å²) in [4.78, 5) is 12.0. The van der Waals surface area contributed by atoms with Gasteiger partial charge in [0.05, 0.1) is 11.4 Å². The molecule has 0 radical (unpaired) electrons. The van der Waals surface area contributed by atoms with Crippen LogP contribution in [0.25, 0.3) is 0 Å². The third-order valence-corrected chi connectivity index (χ3v) is 5.12. The van der Waals surface area contributed by atoms with Gasteiger partial charge in [-0.3, -0.25) is 4.79 Å². The molecule has 8 heteroatoms. The standard InChI is InChI=1S/C17H15FN4OS2/c1-11-5-4-6-12(9-11)19-15(23)10-24-17-22-21-16(25-17)20-14-8-3-2-7-13(14)18/h2-9H,10H2,1H3,(H,19,23)(H,20,21). The molecule has 3 aromatic rings. The van der Waals surface area contributed by atoms with Gasteiger partial charge in [0, 0.05) is 5.69 Å². The first kappa shape index (κ1) is 17.4. The molecule has 0 spiro atoms. The highest BCUT2D eigenvalue weighted by atomic mass is 32.2. The van der Waals surface area contributed by atoms with Crippen molar-refractivity contribution in [3.8, 4) is 0 Å². The number of para-hydroxylation sites is 1. The fourth-order valence-corrected chi connectivity index (χ4v) is 3.61. The maximum Gasteiger partial charge on any atom is 0.234 e. The zero-order valence-electron chi connectivity index (χ0n) is 13.3. The van der Waals surface area contributed by atoms with E-state index in [0.29, 0.717) is 15.2 Å². The number of aryl methyl sites for hydroxylation is 1. The Labute approximate surface area is 152 Å². The molecule has 1 amide bonds. The van der Waals surface area contributed by atoms with E-state index in [9.17, 15) is 9.18 Å². The SMILES string of the molecule is Cc1cccc(NC(=O)CSc2nnc(Nc3ccccc3F)s2)c1. The Bertz CT molecular complexity index is 884. The van der Waals surface area contributed by atoms with Gasteiger partial charge >= 0.3 is 0 Å². The lowest BCUT2D eigenvalue weighted by Gasteiger charge is -2.04. The van der Waals surface area contributed by atoms with E-state index in [1.807, 2.05) is 31.2 Å². The summed E-state index contributed by atoms with van der Waals surface area (Å²) < 4.78 is 14.2. The second-order valence-corrected chi connectivity index (χ2v) is 7.38. The normalized spacial score (nSPS) is 10.5. The quantitative estimate of drug-likeness (QED) is 0.624. The molecule has 2 aromatic carbocycles. The summed E-state index contributed by atoms with van der Waals surface area (Å²) >= 11 is 2.56. The van der Waals surface area contributed by atoms with E-state index in [1.165, 1.54) is 29.2 Å². The summed E-state index contributed by atoms with van der Waals surface area (Å²) in [5.41, 5.74) is 2.19. The molecule has 1 heterocycles. The van der Waals surface area contributed by atoms with Gasteiger partial charge in [-0.15, -0.1) is 10.2 Å². The molecule has 1 aromatic heterocycles. The largest absolute Gasteiger partial charge is 0.328 e. The van der Waals surface area contributed by atoms with Crippen LogP contribution in [0.2, 0.25) is 0 Å². The number of amides is 1. The van der Waals surface area contributed by atoms with Crippen LogP contribution in [0.5, 0.6) is 0 Å². The maximum atomic E-state index is 13.6. The molecule has 0 aliphatic rings. The fourth-order valence-electron chi connectivity index (χ4n) is 2.04. The molecule has 2 N–H and O–H groups in total. The number of thioether (sulfide) groups is 1. The minimum Gasteiger partial charge on any atom is -0.328 e. The number of benzene rings is 2. The van der Waals surface area contributed by atoms with Crippen molar-refractivity contribution in [1.82, 2.24) is 10.2 Å². The van der Waals surface area contributed by atoms with E-state index in [2.05, 4.69) is 20.8 Å². The number of rotatable bonds is 6. The molecule has 0 saturated heterocycles. The topological polar surface area (TPSA) is 66.9 Å². The van der Waals surface area contributed by atoms with E-state index in [1.54, 1.807) is 18.2 Å². The predicted octanol–water partition coefficient (Wildman–Crippen LogP) is 4.46. The molecule has 128 valence electrons. The second kappa shape index (κ2) is 8.09. The molecule has 0 atom stereocenters.